The van der Waals surface area contributed by atoms with Crippen molar-refractivity contribution in [2.24, 2.45) is 0 Å². The third-order valence-corrected chi connectivity index (χ3v) is 6.55. The summed E-state index contributed by atoms with van der Waals surface area (Å²) in [6.07, 6.45) is 4.32. The molecule has 0 aliphatic carbocycles. The third-order valence-electron chi connectivity index (χ3n) is 5.68. The van der Waals surface area contributed by atoms with E-state index in [1.54, 1.807) is 6.26 Å². The van der Waals surface area contributed by atoms with Crippen LogP contribution in [0.1, 0.15) is 36.1 Å². The van der Waals surface area contributed by atoms with Crippen LogP contribution in [0.4, 0.5) is 10.1 Å². The predicted octanol–water partition coefficient (Wildman–Crippen LogP) is 6.83. The number of nitrogens with one attached hydrogen (secondary N) is 1. The number of aryl methyl sites for hydroxylation is 3. The minimum atomic E-state index is -0.543. The molecule has 0 saturated carbocycles. The zero-order chi connectivity index (χ0) is 25.3. The Bertz CT molecular complexity index is 1480. The highest BCUT2D eigenvalue weighted by Gasteiger charge is 2.20. The normalized spacial score (nSPS) is 11.6. The van der Waals surface area contributed by atoms with E-state index in [4.69, 9.17) is 9.15 Å². The summed E-state index contributed by atoms with van der Waals surface area (Å²) in [4.78, 5) is 26.9. The number of benzene rings is 2. The Kier molecular flexibility index (Phi) is 6.70. The minimum absolute atomic E-state index is 0.139. The third kappa shape index (κ3) is 4.81. The predicted molar refractivity (Wildman–Crippen MR) is 138 cm³/mol. The number of thiazole rings is 1. The molecule has 0 bridgehead atoms. The summed E-state index contributed by atoms with van der Waals surface area (Å²) in [6, 6.07) is 8.28. The smallest absolute Gasteiger partial charge is 0.345 e. The highest BCUT2D eigenvalue weighted by Crippen LogP contribution is 2.41. The number of anilines is 1. The van der Waals surface area contributed by atoms with Crippen LogP contribution in [0.3, 0.4) is 0 Å². The van der Waals surface area contributed by atoms with E-state index in [2.05, 4.69) is 42.3 Å². The molecule has 9 heteroatoms. The fourth-order valence-corrected chi connectivity index (χ4v) is 4.72. The van der Waals surface area contributed by atoms with Gasteiger partial charge in [-0.1, -0.05) is 23.8 Å². The second kappa shape index (κ2) is 9.71. The maximum atomic E-state index is 12.7. The summed E-state index contributed by atoms with van der Waals surface area (Å²) in [5.74, 6) is 0.210. The monoisotopic (exact) mass is 491 g/mol. The van der Waals surface area contributed by atoms with Gasteiger partial charge in [-0.3, -0.25) is 20.2 Å². The number of fused-ring (bicyclic) bond motifs is 1. The van der Waals surface area contributed by atoms with Crippen molar-refractivity contribution in [3.8, 4) is 16.9 Å². The van der Waals surface area contributed by atoms with Gasteiger partial charge in [0.1, 0.15) is 17.5 Å². The number of carbonyl (C=O) groups excluding carboxylic acids is 1. The molecule has 35 heavy (non-hydrogen) atoms. The number of nitrogens with zero attached hydrogens (tertiary/aromatic N) is 2. The summed E-state index contributed by atoms with van der Waals surface area (Å²) in [7, 11) is 0. The molecule has 0 radical (unpaired) electrons. The largest absolute Gasteiger partial charge is 0.493 e. The van der Waals surface area contributed by atoms with Crippen LogP contribution in [0.15, 0.2) is 47.2 Å². The van der Waals surface area contributed by atoms with Crippen molar-refractivity contribution in [1.29, 1.82) is 0 Å². The minimum Gasteiger partial charge on any atom is -0.493 e. The van der Waals surface area contributed by atoms with Gasteiger partial charge in [0.25, 0.3) is 0 Å². The molecule has 1 amide bonds. The zero-order valence-corrected chi connectivity index (χ0v) is 20.9. The zero-order valence-electron chi connectivity index (χ0n) is 20.1. The molecule has 0 aliphatic heterocycles. The van der Waals surface area contributed by atoms with Crippen molar-refractivity contribution in [3.63, 3.8) is 0 Å². The Hall–Kier alpha value is -3.98. The van der Waals surface area contributed by atoms with E-state index in [1.165, 1.54) is 11.6 Å². The molecule has 4 aromatic rings. The van der Waals surface area contributed by atoms with Crippen molar-refractivity contribution in [2.75, 3.05) is 11.9 Å². The summed E-state index contributed by atoms with van der Waals surface area (Å²) in [6.45, 7) is 10.2. The van der Waals surface area contributed by atoms with Crippen molar-refractivity contribution in [1.82, 2.24) is 4.98 Å². The molecule has 8 nitrogen and oxygen atoms in total. The Morgan fingerprint density at radius 3 is 2.69 bits per heavy atom. The van der Waals surface area contributed by atoms with Crippen LogP contribution < -0.4 is 10.1 Å². The van der Waals surface area contributed by atoms with Crippen molar-refractivity contribution in [3.05, 3.63) is 75.2 Å². The van der Waals surface area contributed by atoms with Gasteiger partial charge >= 0.3 is 5.00 Å². The van der Waals surface area contributed by atoms with E-state index in [1.807, 2.05) is 26.8 Å². The maximum absolute atomic E-state index is 12.7. The van der Waals surface area contributed by atoms with Crippen molar-refractivity contribution in [2.45, 2.75) is 34.6 Å². The highest BCUT2D eigenvalue weighted by molar-refractivity contribution is 7.18. The molecule has 0 aliphatic rings. The van der Waals surface area contributed by atoms with Gasteiger partial charge in [-0.05, 0) is 68.7 Å². The van der Waals surface area contributed by atoms with E-state index >= 15 is 0 Å². The summed E-state index contributed by atoms with van der Waals surface area (Å²) in [5.41, 5.74) is 7.40. The standard InChI is InChI=1S/C26H25N3O5S/c1-6-33-24-17(5)25-20(21(13-34-25)18-8-7-14(2)9-15(18)3)11-19(24)16(4)10-22(30)28-26-27-12-23(35-26)29(31)32/h7-13H,6H2,1-5H3,(H,27,28,30)/b16-10+. The lowest BCUT2D eigenvalue weighted by Crippen LogP contribution is -2.08. The van der Waals surface area contributed by atoms with Gasteiger partial charge in [0.05, 0.1) is 17.8 Å². The number of hydrogen-bond acceptors (Lipinski definition) is 7. The van der Waals surface area contributed by atoms with Gasteiger partial charge in [0.2, 0.25) is 5.91 Å². The van der Waals surface area contributed by atoms with Gasteiger partial charge in [0, 0.05) is 28.2 Å². The molecule has 0 spiro atoms. The molecule has 0 atom stereocenters. The van der Waals surface area contributed by atoms with E-state index in [0.29, 0.717) is 17.9 Å². The fourth-order valence-electron chi connectivity index (χ4n) is 4.09. The molecule has 2 aromatic carbocycles. The molecular weight excluding hydrogens is 466 g/mol. The van der Waals surface area contributed by atoms with Gasteiger partial charge in [-0.15, -0.1) is 0 Å². The van der Waals surface area contributed by atoms with Crippen LogP contribution in [-0.2, 0) is 4.79 Å². The lowest BCUT2D eigenvalue weighted by molar-refractivity contribution is -0.380. The van der Waals surface area contributed by atoms with E-state index in [-0.39, 0.29) is 10.1 Å². The second-order valence-corrected chi connectivity index (χ2v) is 9.24. The first-order valence-electron chi connectivity index (χ1n) is 11.0. The number of hydrogen-bond donors (Lipinski definition) is 1. The second-order valence-electron chi connectivity index (χ2n) is 8.23. The molecule has 2 heterocycles. The first-order valence-corrected chi connectivity index (χ1v) is 11.9. The number of furan rings is 1. The Morgan fingerprint density at radius 2 is 2.03 bits per heavy atom. The van der Waals surface area contributed by atoms with Crippen molar-refractivity contribution >= 4 is 43.9 Å². The molecule has 0 unspecified atom stereocenters. The number of nitro groups is 1. The first kappa shape index (κ1) is 24.2. The average molecular weight is 492 g/mol. The number of carbonyl (C=O) groups is 1. The highest BCUT2D eigenvalue weighted by atomic mass is 32.1. The molecule has 1 N–H and O–H groups in total. The fraction of sp³-hybridized carbons (Fsp3) is 0.231. The van der Waals surface area contributed by atoms with Crippen LogP contribution in [-0.4, -0.2) is 22.4 Å². The lowest BCUT2D eigenvalue weighted by Gasteiger charge is -2.15. The molecule has 0 saturated heterocycles. The summed E-state index contributed by atoms with van der Waals surface area (Å²) in [5, 5.41) is 14.4. The van der Waals surface area contributed by atoms with Crippen LogP contribution in [0.2, 0.25) is 0 Å². The van der Waals surface area contributed by atoms with Gasteiger partial charge in [0.15, 0.2) is 5.13 Å². The topological polar surface area (TPSA) is 108 Å². The maximum Gasteiger partial charge on any atom is 0.345 e. The Balaban J connectivity index is 1.77. The average Bonchev–Trinajstić information content (AvgIpc) is 3.43. The van der Waals surface area contributed by atoms with Gasteiger partial charge in [-0.25, -0.2) is 4.98 Å². The quantitative estimate of drug-likeness (QED) is 0.172. The molecule has 2 aromatic heterocycles. The number of aromatic nitrogens is 1. The molecule has 180 valence electrons. The summed E-state index contributed by atoms with van der Waals surface area (Å²) >= 11 is 0.802. The van der Waals surface area contributed by atoms with Crippen LogP contribution in [0, 0.1) is 30.9 Å². The van der Waals surface area contributed by atoms with E-state index < -0.39 is 10.8 Å². The van der Waals surface area contributed by atoms with Crippen molar-refractivity contribution < 1.29 is 18.9 Å². The number of amides is 1. The Morgan fingerprint density at radius 1 is 1.26 bits per heavy atom. The molecular formula is C26H25N3O5S. The van der Waals surface area contributed by atoms with Crippen LogP contribution in [0.5, 0.6) is 5.75 Å². The van der Waals surface area contributed by atoms with Gasteiger partial charge < -0.3 is 9.15 Å². The van der Waals surface area contributed by atoms with E-state index in [9.17, 15) is 14.9 Å². The first-order chi connectivity index (χ1) is 16.7. The summed E-state index contributed by atoms with van der Waals surface area (Å²) < 4.78 is 11.9. The number of allylic oxidation sites excluding steroid dienone is 1. The van der Waals surface area contributed by atoms with Gasteiger partial charge in [-0.2, -0.15) is 0 Å². The number of ether oxygens (including phenoxy) is 1. The Labute approximate surface area is 206 Å². The molecule has 4 rings (SSSR count). The van der Waals surface area contributed by atoms with Crippen LogP contribution >= 0.6 is 11.3 Å². The number of rotatable bonds is 7. The SMILES string of the molecule is CCOc1c(/C(C)=C/C(=O)Nc2ncc([N+](=O)[O-])s2)cc2c(-c3ccc(C)cc3C)coc2c1C. The van der Waals surface area contributed by atoms with Crippen LogP contribution in [0.25, 0.3) is 27.7 Å². The lowest BCUT2D eigenvalue weighted by atomic mass is 9.94. The van der Waals surface area contributed by atoms with E-state index in [0.717, 1.165) is 56.3 Å². The molecule has 0 fully saturated rings.